The Morgan fingerprint density at radius 2 is 1.00 bits per heavy atom. The lowest BCUT2D eigenvalue weighted by atomic mass is 10.0. The highest BCUT2D eigenvalue weighted by Crippen LogP contribution is 2.50. The predicted molar refractivity (Wildman–Crippen MR) is 160 cm³/mol. The van der Waals surface area contributed by atoms with E-state index in [-0.39, 0.29) is 22.8 Å². The lowest BCUT2D eigenvalue weighted by Crippen LogP contribution is -2.04. The number of halogens is 1. The number of para-hydroxylation sites is 1. The van der Waals surface area contributed by atoms with Crippen molar-refractivity contribution in [3.05, 3.63) is 131 Å². The fraction of sp³-hybridized carbons (Fsp3) is 0.0556. The molecule has 42 heavy (non-hydrogen) atoms. The van der Waals surface area contributed by atoms with Crippen LogP contribution in [0.2, 0.25) is 0 Å². The maximum Gasteiger partial charge on any atom is 0.216 e. The molecule has 5 nitrogen and oxygen atoms in total. The zero-order valence-corrected chi connectivity index (χ0v) is 22.8. The maximum absolute atomic E-state index is 16.2. The predicted octanol–water partition coefficient (Wildman–Crippen LogP) is 9.87. The largest absolute Gasteiger partial charge is 0.451 e. The summed E-state index contributed by atoms with van der Waals surface area (Å²) >= 11 is 0. The second-order valence-corrected chi connectivity index (χ2v) is 9.82. The quantitative estimate of drug-likeness (QED) is 0.206. The molecule has 0 fully saturated rings. The van der Waals surface area contributed by atoms with Crippen LogP contribution in [0.5, 0.6) is 34.5 Å². The van der Waals surface area contributed by atoms with Gasteiger partial charge in [-0.2, -0.15) is 10.5 Å². The monoisotopic (exact) mass is 550 g/mol. The van der Waals surface area contributed by atoms with Crippen molar-refractivity contribution in [2.45, 2.75) is 13.8 Å². The molecule has 6 rings (SSSR count). The Balaban J connectivity index is 1.59. The van der Waals surface area contributed by atoms with Crippen LogP contribution in [0.4, 0.5) is 4.39 Å². The average Bonchev–Trinajstić information content (AvgIpc) is 3.01. The van der Waals surface area contributed by atoms with Gasteiger partial charge in [0, 0.05) is 0 Å². The second kappa shape index (κ2) is 11.0. The minimum Gasteiger partial charge on any atom is -0.451 e. The summed E-state index contributed by atoms with van der Waals surface area (Å²) in [6.45, 7) is 3.72. The molecule has 0 aliphatic heterocycles. The van der Waals surface area contributed by atoms with Crippen LogP contribution in [0.3, 0.4) is 0 Å². The van der Waals surface area contributed by atoms with Gasteiger partial charge in [0.15, 0.2) is 11.6 Å². The highest BCUT2D eigenvalue weighted by atomic mass is 19.1. The molecule has 0 N–H and O–H groups in total. The van der Waals surface area contributed by atoms with Crippen LogP contribution in [0.25, 0.3) is 21.5 Å². The van der Waals surface area contributed by atoms with Crippen molar-refractivity contribution in [3.63, 3.8) is 0 Å². The zero-order valence-electron chi connectivity index (χ0n) is 22.8. The molecule has 0 aliphatic carbocycles. The Bertz CT molecular complexity index is 2070. The third kappa shape index (κ3) is 4.83. The van der Waals surface area contributed by atoms with E-state index in [2.05, 4.69) is 0 Å². The highest BCUT2D eigenvalue weighted by Gasteiger charge is 2.30. The third-order valence-corrected chi connectivity index (χ3v) is 7.03. The summed E-state index contributed by atoms with van der Waals surface area (Å²) in [5, 5.41) is 23.9. The van der Waals surface area contributed by atoms with E-state index in [9.17, 15) is 10.5 Å². The topological polar surface area (TPSA) is 75.3 Å². The summed E-state index contributed by atoms with van der Waals surface area (Å²) in [4.78, 5) is 0. The summed E-state index contributed by atoms with van der Waals surface area (Å²) in [5.41, 5.74) is 0.783. The van der Waals surface area contributed by atoms with Gasteiger partial charge in [-0.3, -0.25) is 0 Å². The van der Waals surface area contributed by atoms with E-state index in [0.717, 1.165) is 32.7 Å². The van der Waals surface area contributed by atoms with Gasteiger partial charge >= 0.3 is 0 Å². The molecule has 0 heterocycles. The maximum atomic E-state index is 16.2. The smallest absolute Gasteiger partial charge is 0.216 e. The van der Waals surface area contributed by atoms with E-state index in [1.165, 1.54) is 0 Å². The Morgan fingerprint density at radius 3 is 1.52 bits per heavy atom. The van der Waals surface area contributed by atoms with E-state index < -0.39 is 11.4 Å². The molecule has 0 bridgehead atoms. The molecule has 6 heteroatoms. The molecule has 6 aromatic carbocycles. The second-order valence-electron chi connectivity index (χ2n) is 9.82. The molecular weight excluding hydrogens is 527 g/mol. The van der Waals surface area contributed by atoms with E-state index in [4.69, 9.17) is 14.2 Å². The third-order valence-electron chi connectivity index (χ3n) is 7.03. The summed E-state index contributed by atoms with van der Waals surface area (Å²) in [6.07, 6.45) is 0. The number of hydrogen-bond acceptors (Lipinski definition) is 5. The minimum absolute atomic E-state index is 0.114. The summed E-state index contributed by atoms with van der Waals surface area (Å²) < 4.78 is 35.0. The van der Waals surface area contributed by atoms with Gasteiger partial charge in [-0.15, -0.1) is 0 Å². The fourth-order valence-electron chi connectivity index (χ4n) is 4.91. The molecule has 202 valence electrons. The summed E-state index contributed by atoms with van der Waals surface area (Å²) in [6, 6.07) is 35.6. The summed E-state index contributed by atoms with van der Waals surface area (Å²) in [5.74, 6) is -0.503. The number of ether oxygens (including phenoxy) is 3. The van der Waals surface area contributed by atoms with Gasteiger partial charge in [0.25, 0.3) is 0 Å². The van der Waals surface area contributed by atoms with Crippen LogP contribution in [-0.4, -0.2) is 0 Å². The Kier molecular flexibility index (Phi) is 6.88. The molecule has 6 aromatic rings. The lowest BCUT2D eigenvalue weighted by Gasteiger charge is -2.21. The highest BCUT2D eigenvalue weighted by molar-refractivity contribution is 5.85. The minimum atomic E-state index is -1.02. The van der Waals surface area contributed by atoms with E-state index in [1.54, 1.807) is 24.3 Å². The zero-order chi connectivity index (χ0) is 29.2. The number of benzene rings is 6. The SMILES string of the molecule is Cc1cccc(C)c1Oc1c(C#N)c(C#N)c(F)c(Oc2ccc3ccccc3c2)c1Oc1ccc2ccccc2c1. The van der Waals surface area contributed by atoms with Crippen LogP contribution < -0.4 is 14.2 Å². The Hall–Kier alpha value is -5.85. The van der Waals surface area contributed by atoms with Gasteiger partial charge in [0.1, 0.15) is 40.5 Å². The van der Waals surface area contributed by atoms with Crippen molar-refractivity contribution < 1.29 is 18.6 Å². The first-order valence-electron chi connectivity index (χ1n) is 13.2. The molecule has 0 unspecified atom stereocenters. The van der Waals surface area contributed by atoms with E-state index >= 15 is 4.39 Å². The number of fused-ring (bicyclic) bond motifs is 2. The number of hydrogen-bond donors (Lipinski definition) is 0. The van der Waals surface area contributed by atoms with Gasteiger partial charge in [0.05, 0.1) is 0 Å². The first-order chi connectivity index (χ1) is 20.5. The van der Waals surface area contributed by atoms with Crippen LogP contribution in [0.15, 0.2) is 103 Å². The van der Waals surface area contributed by atoms with Gasteiger partial charge in [-0.05, 0) is 70.8 Å². The summed E-state index contributed by atoms with van der Waals surface area (Å²) in [7, 11) is 0. The van der Waals surface area contributed by atoms with Gasteiger partial charge in [-0.25, -0.2) is 4.39 Å². The molecular formula is C36H23FN2O3. The van der Waals surface area contributed by atoms with Crippen LogP contribution in [0.1, 0.15) is 22.3 Å². The number of aryl methyl sites for hydroxylation is 2. The number of nitriles is 2. The van der Waals surface area contributed by atoms with Gasteiger partial charge < -0.3 is 14.2 Å². The molecule has 0 amide bonds. The van der Waals surface area contributed by atoms with Gasteiger partial charge in [-0.1, -0.05) is 78.9 Å². The Morgan fingerprint density at radius 1 is 0.500 bits per heavy atom. The lowest BCUT2D eigenvalue weighted by molar-refractivity contribution is 0.368. The van der Waals surface area contributed by atoms with Crippen LogP contribution in [-0.2, 0) is 0 Å². The van der Waals surface area contributed by atoms with Crippen molar-refractivity contribution >= 4 is 21.5 Å². The standard InChI is InChI=1S/C36H23FN2O3/c1-22-8-7-9-23(2)33(22)42-34-31(21-39)30(20-38)32(37)35(40-28-16-14-24-10-3-5-12-26(24)18-28)36(34)41-29-17-15-25-11-4-6-13-27(25)19-29/h3-19H,1-2H3. The average molecular weight is 551 g/mol. The van der Waals surface area contributed by atoms with Gasteiger partial charge in [0.2, 0.25) is 11.5 Å². The first kappa shape index (κ1) is 26.4. The van der Waals surface area contributed by atoms with E-state index in [0.29, 0.717) is 17.2 Å². The molecule has 0 spiro atoms. The van der Waals surface area contributed by atoms with Crippen LogP contribution >= 0.6 is 0 Å². The Labute approximate surface area is 242 Å². The molecule has 0 radical (unpaired) electrons. The van der Waals surface area contributed by atoms with Crippen molar-refractivity contribution in [2.24, 2.45) is 0 Å². The van der Waals surface area contributed by atoms with Crippen molar-refractivity contribution in [3.8, 4) is 46.6 Å². The van der Waals surface area contributed by atoms with Crippen molar-refractivity contribution in [2.75, 3.05) is 0 Å². The molecule has 0 saturated heterocycles. The normalized spacial score (nSPS) is 10.7. The molecule has 0 aromatic heterocycles. The van der Waals surface area contributed by atoms with Crippen molar-refractivity contribution in [1.29, 1.82) is 10.5 Å². The molecule has 0 aliphatic rings. The van der Waals surface area contributed by atoms with E-state index in [1.807, 2.05) is 105 Å². The van der Waals surface area contributed by atoms with Crippen LogP contribution in [0, 0.1) is 42.3 Å². The molecule has 0 atom stereocenters. The van der Waals surface area contributed by atoms with Crippen molar-refractivity contribution in [1.82, 2.24) is 0 Å². The number of nitrogens with zero attached hydrogens (tertiary/aromatic N) is 2. The first-order valence-corrected chi connectivity index (χ1v) is 13.2. The fourth-order valence-corrected chi connectivity index (χ4v) is 4.91. The molecule has 0 saturated carbocycles. The number of rotatable bonds is 6.